The number of phenols is 1. The molecule has 0 heterocycles. The van der Waals surface area contributed by atoms with Crippen molar-refractivity contribution >= 4 is 12.1 Å². The van der Waals surface area contributed by atoms with Crippen molar-refractivity contribution in [1.29, 1.82) is 0 Å². The maximum absolute atomic E-state index is 11.8. The predicted molar refractivity (Wildman–Crippen MR) is 77.0 cm³/mol. The third-order valence-electron chi connectivity index (χ3n) is 2.55. The van der Waals surface area contributed by atoms with Crippen molar-refractivity contribution in [2.45, 2.75) is 38.8 Å². The highest BCUT2D eigenvalue weighted by atomic mass is 16.6. The Labute approximate surface area is 124 Å². The Morgan fingerprint density at radius 1 is 1.24 bits per heavy atom. The molecular weight excluding hydrogens is 284 g/mol. The molecule has 1 aromatic carbocycles. The fourth-order valence-corrected chi connectivity index (χ4v) is 1.65. The van der Waals surface area contributed by atoms with Gasteiger partial charge in [-0.1, -0.05) is 12.1 Å². The highest BCUT2D eigenvalue weighted by Crippen LogP contribution is 2.12. The Hall–Kier alpha value is -2.24. The summed E-state index contributed by atoms with van der Waals surface area (Å²) in [5, 5.41) is 11.7. The van der Waals surface area contributed by atoms with E-state index in [-0.39, 0.29) is 12.2 Å². The monoisotopic (exact) mass is 305 g/mol. The van der Waals surface area contributed by atoms with Gasteiger partial charge in [-0.3, -0.25) is 0 Å². The van der Waals surface area contributed by atoms with E-state index in [0.717, 1.165) is 5.56 Å². The number of nitrogens with one attached hydrogen (secondary N) is 1. The molecule has 0 fully saturated rings. The van der Waals surface area contributed by atoms with Crippen LogP contribution in [0.15, 0.2) is 24.3 Å². The van der Waals surface area contributed by atoms with Crippen LogP contribution >= 0.6 is 0 Å². The van der Waals surface area contributed by atoms with Crippen LogP contribution in [-0.2, 0) is 20.7 Å². The van der Waals surface area contributed by atoms with Gasteiger partial charge in [-0.2, -0.15) is 0 Å². The van der Waals surface area contributed by atoms with Crippen LogP contribution in [0.3, 0.4) is 0 Å². The van der Waals surface area contributed by atoms with Gasteiger partial charge < -0.3 is 19.9 Å². The van der Waals surface area contributed by atoms with Crippen LogP contribution in [0.25, 0.3) is 0 Å². The molecule has 0 aromatic heterocycles. The summed E-state index contributed by atoms with van der Waals surface area (Å²) in [7, 11) is 1.25. The molecule has 0 saturated carbocycles. The van der Waals surface area contributed by atoms with E-state index in [1.807, 2.05) is 0 Å². The van der Waals surface area contributed by atoms with Crippen LogP contribution in [0.4, 0.5) is 4.79 Å². The molecule has 0 unspecified atom stereocenters. The van der Waals surface area contributed by atoms with E-state index in [9.17, 15) is 14.7 Å². The van der Waals surface area contributed by atoms with Crippen molar-refractivity contribution in [3.05, 3.63) is 29.8 Å². The maximum Gasteiger partial charge on any atom is 0.408 e. The second-order valence-electron chi connectivity index (χ2n) is 5.59. The van der Waals surface area contributed by atoms with Gasteiger partial charge in [0.2, 0.25) is 0 Å². The lowest BCUT2D eigenvalue weighted by atomic mass is 10.2. The first kappa shape index (κ1) is 16.8. The van der Waals surface area contributed by atoms with Crippen molar-refractivity contribution in [2.75, 3.05) is 7.11 Å². The van der Waals surface area contributed by atoms with Crippen molar-refractivity contribution in [3.63, 3.8) is 0 Å². The van der Waals surface area contributed by atoms with Gasteiger partial charge in [0.05, 0.1) is 7.11 Å². The largest absolute Gasteiger partial charge is 0.508 e. The Kier molecular flexibility index (Phi) is 5.58. The summed E-state index contributed by atoms with van der Waals surface area (Å²) in [6.45, 7) is 5.21. The summed E-state index contributed by atoms with van der Waals surface area (Å²) in [5.74, 6) is -0.428. The minimum absolute atomic E-state index is 0.133. The quantitative estimate of drug-likeness (QED) is 0.505. The Morgan fingerprint density at radius 3 is 2.29 bits per heavy atom. The second-order valence-corrected chi connectivity index (χ2v) is 5.59. The molecule has 0 aliphatic carbocycles. The smallest absolute Gasteiger partial charge is 0.408 e. The normalized spacial score (nSPS) is 12.4. The highest BCUT2D eigenvalue weighted by molar-refractivity contribution is 5.81. The first-order chi connectivity index (χ1) is 9.71. The Balaban J connectivity index is 2.74. The third-order valence-corrected chi connectivity index (χ3v) is 2.55. The number of hydrogen-bond donors (Lipinski definition) is 2. The molecular formula is C15H21NO5. The zero-order valence-electron chi connectivity index (χ0n) is 12.7. The van der Waals surface area contributed by atoms with E-state index >= 15 is 0 Å². The van der Waals surface area contributed by atoms with Crippen molar-refractivity contribution < 1.29 is 24.2 Å². The molecule has 1 aromatic rings. The van der Waals surface area contributed by atoms with Crippen LogP contribution in [0.1, 0.15) is 26.3 Å². The lowest BCUT2D eigenvalue weighted by Crippen LogP contribution is -2.45. The fourth-order valence-electron chi connectivity index (χ4n) is 1.65. The van der Waals surface area contributed by atoms with Crippen molar-refractivity contribution in [1.82, 2.24) is 5.32 Å². The van der Waals surface area contributed by atoms with E-state index in [1.165, 1.54) is 19.2 Å². The van der Waals surface area contributed by atoms with Crippen LogP contribution in [0.5, 0.6) is 5.75 Å². The number of carbonyl (C=O) groups is 2. The Morgan fingerprint density at radius 2 is 1.81 bits per heavy atom. The molecule has 116 valence electrons. The lowest BCUT2D eigenvalue weighted by Gasteiger charge is -2.22. The highest BCUT2D eigenvalue weighted by Gasteiger charge is 2.25. The maximum atomic E-state index is 11.8. The van der Waals surface area contributed by atoms with Crippen LogP contribution < -0.4 is 5.32 Å². The molecule has 0 aliphatic rings. The number of ether oxygens (including phenoxy) is 2. The summed E-state index contributed by atoms with van der Waals surface area (Å²) in [6.07, 6.45) is -0.441. The molecule has 0 spiro atoms. The predicted octanol–water partition coefficient (Wildman–Crippen LogP) is 2.00. The van der Waals surface area contributed by atoms with Gasteiger partial charge in [0.15, 0.2) is 0 Å². The average Bonchev–Trinajstić information content (AvgIpc) is 2.37. The first-order valence-corrected chi connectivity index (χ1v) is 6.56. The number of amides is 1. The number of benzene rings is 1. The number of carbonyl (C=O) groups excluding carboxylic acids is 2. The molecule has 0 bridgehead atoms. The second kappa shape index (κ2) is 6.97. The molecule has 2 N–H and O–H groups in total. The summed E-state index contributed by atoms with van der Waals surface area (Å²) >= 11 is 0. The van der Waals surface area contributed by atoms with E-state index < -0.39 is 23.7 Å². The average molecular weight is 305 g/mol. The van der Waals surface area contributed by atoms with Gasteiger partial charge in [0.1, 0.15) is 17.4 Å². The summed E-state index contributed by atoms with van der Waals surface area (Å²) in [6, 6.07) is 5.51. The standard InChI is InChI=1S/C15H21NO5/c1-15(2,3)21-14(19)16-12(13(18)20-4)9-10-5-7-11(17)8-6-10/h5-8,12,17H,9H2,1-4H3,(H,16,19)/t12-/m0/s1/i5+1,6+1,7+1,8+1,9+1,10+1,11+1,12+1,13+1,16+1. The topological polar surface area (TPSA) is 84.9 Å². The summed E-state index contributed by atoms with van der Waals surface area (Å²) in [5.41, 5.74) is 0.128. The van der Waals surface area contributed by atoms with Crippen LogP contribution in [0.2, 0.25) is 0 Å². The summed E-state index contributed by atoms with van der Waals surface area (Å²) in [4.78, 5) is 23.5. The number of alkyl carbamates (subject to hydrolysis) is 1. The minimum atomic E-state index is -0.852. The molecule has 1 atom stereocenters. The van der Waals surface area contributed by atoms with E-state index in [0.29, 0.717) is 0 Å². The molecule has 6 nitrogen and oxygen atoms in total. The van der Waals surface area contributed by atoms with Crippen molar-refractivity contribution in [2.24, 2.45) is 0 Å². The Bertz CT molecular complexity index is 490. The molecule has 0 aliphatic heterocycles. The molecule has 21 heavy (non-hydrogen) atoms. The first-order valence-electron chi connectivity index (χ1n) is 6.56. The third kappa shape index (κ3) is 6.16. The zero-order chi connectivity index (χ0) is 16.0. The number of esters is 1. The number of methoxy groups -OCH3 is 1. The van der Waals surface area contributed by atoms with Gasteiger partial charge >= 0.3 is 12.1 Å². The molecule has 0 radical (unpaired) electrons. The number of hydrogen-bond acceptors (Lipinski definition) is 5. The molecule has 0 saturated heterocycles. The van der Waals surface area contributed by atoms with Gasteiger partial charge in [-0.15, -0.1) is 0 Å². The molecule has 1 amide bonds. The van der Waals surface area contributed by atoms with Gasteiger partial charge in [-0.05, 0) is 38.5 Å². The van der Waals surface area contributed by atoms with E-state index in [1.54, 1.807) is 32.9 Å². The van der Waals surface area contributed by atoms with Gasteiger partial charge in [0.25, 0.3) is 0 Å². The van der Waals surface area contributed by atoms with E-state index in [4.69, 9.17) is 4.74 Å². The molecule has 6 heteroatoms. The van der Waals surface area contributed by atoms with Crippen LogP contribution in [-0.4, -0.2) is 35.9 Å². The van der Waals surface area contributed by atoms with E-state index in [2.05, 4.69) is 10.1 Å². The number of rotatable bonds is 4. The minimum Gasteiger partial charge on any atom is -0.508 e. The van der Waals surface area contributed by atoms with Crippen molar-refractivity contribution in [3.8, 4) is 5.75 Å². The number of phenolic OH excluding ortho intramolecular Hbond substituents is 1. The van der Waals surface area contributed by atoms with Crippen LogP contribution in [0, 0.1) is 0 Å². The fraction of sp³-hybridized carbons (Fsp3) is 0.467. The summed E-state index contributed by atoms with van der Waals surface area (Å²) < 4.78 is 9.80. The lowest BCUT2D eigenvalue weighted by molar-refractivity contribution is -0.143. The molecule has 1 rings (SSSR count). The SMILES string of the molecule is CO[13C](=O)[13C@H]([13CH2][13c]1[13cH][13cH][13c](O)[13cH][13cH]1)[15NH]C(=O)OC(C)(C)C. The number of aromatic hydroxyl groups is 1. The van der Waals surface area contributed by atoms with Gasteiger partial charge in [-0.25, -0.2) is 9.59 Å². The zero-order valence-corrected chi connectivity index (χ0v) is 12.7. The van der Waals surface area contributed by atoms with Gasteiger partial charge in [0, 0.05) is 6.42 Å².